The van der Waals surface area contributed by atoms with Gasteiger partial charge in [0.05, 0.1) is 13.2 Å². The van der Waals surface area contributed by atoms with Crippen molar-refractivity contribution in [2.24, 2.45) is 4.99 Å². The lowest BCUT2D eigenvalue weighted by molar-refractivity contribution is -0.468. The monoisotopic (exact) mass is 352 g/mol. The maximum absolute atomic E-state index is 10.5. The van der Waals surface area contributed by atoms with Crippen molar-refractivity contribution in [3.8, 4) is 0 Å². The van der Waals surface area contributed by atoms with Gasteiger partial charge in [-0.2, -0.15) is 0 Å². The standard InChI is InChI=1S/C16H28N6O3/c1-15(18-6-8-20-11-13-25-14-12-20)19-16(3-2-7-22(23)24)21-9-4-17-5-10-21/h2-3,17-18H,1,4-14H2/b3-2-,19-16+. The molecule has 0 aromatic heterocycles. The van der Waals surface area contributed by atoms with Crippen LogP contribution in [0.3, 0.4) is 0 Å². The van der Waals surface area contributed by atoms with Crippen molar-refractivity contribution in [2.75, 3.05) is 72.1 Å². The first kappa shape index (κ1) is 19.4. The molecule has 0 atom stereocenters. The summed E-state index contributed by atoms with van der Waals surface area (Å²) in [4.78, 5) is 19.1. The Labute approximate surface area is 148 Å². The molecular weight excluding hydrogens is 324 g/mol. The van der Waals surface area contributed by atoms with Gasteiger partial charge in [-0.25, -0.2) is 4.99 Å². The van der Waals surface area contributed by atoms with Gasteiger partial charge >= 0.3 is 0 Å². The molecule has 2 aliphatic heterocycles. The molecule has 25 heavy (non-hydrogen) atoms. The topological polar surface area (TPSA) is 95.3 Å². The largest absolute Gasteiger partial charge is 0.379 e. The van der Waals surface area contributed by atoms with Gasteiger partial charge in [-0.1, -0.05) is 6.58 Å². The van der Waals surface area contributed by atoms with Crippen molar-refractivity contribution >= 4 is 5.84 Å². The molecule has 0 bridgehead atoms. The van der Waals surface area contributed by atoms with Crippen molar-refractivity contribution in [1.29, 1.82) is 0 Å². The van der Waals surface area contributed by atoms with E-state index in [9.17, 15) is 10.1 Å². The van der Waals surface area contributed by atoms with Crippen LogP contribution >= 0.6 is 0 Å². The Hall–Kier alpha value is -1.97. The molecule has 140 valence electrons. The number of hydrogen-bond donors (Lipinski definition) is 2. The molecule has 0 aromatic carbocycles. The summed E-state index contributed by atoms with van der Waals surface area (Å²) < 4.78 is 5.33. The summed E-state index contributed by atoms with van der Waals surface area (Å²) in [7, 11) is 0. The number of aliphatic imine (C=N–C) groups is 1. The normalized spacial score (nSPS) is 20.0. The number of nitrogens with one attached hydrogen (secondary N) is 2. The average molecular weight is 352 g/mol. The van der Waals surface area contributed by atoms with Crippen molar-refractivity contribution in [2.45, 2.75) is 0 Å². The Bertz CT molecular complexity index is 496. The van der Waals surface area contributed by atoms with Crippen LogP contribution in [0.15, 0.2) is 29.5 Å². The molecule has 0 amide bonds. The van der Waals surface area contributed by atoms with Crippen LogP contribution in [0.1, 0.15) is 0 Å². The zero-order chi connectivity index (χ0) is 17.9. The smallest absolute Gasteiger partial charge is 0.222 e. The number of rotatable bonds is 8. The van der Waals surface area contributed by atoms with Crippen molar-refractivity contribution in [1.82, 2.24) is 20.4 Å². The van der Waals surface area contributed by atoms with Gasteiger partial charge in [-0.05, 0) is 12.2 Å². The molecule has 0 aromatic rings. The Morgan fingerprint density at radius 3 is 2.72 bits per heavy atom. The molecule has 2 N–H and O–H groups in total. The number of nitrogens with zero attached hydrogens (tertiary/aromatic N) is 4. The van der Waals surface area contributed by atoms with E-state index in [0.717, 1.165) is 65.6 Å². The molecule has 2 rings (SSSR count). The highest BCUT2D eigenvalue weighted by Crippen LogP contribution is 2.01. The number of piperazine rings is 1. The van der Waals surface area contributed by atoms with E-state index in [0.29, 0.717) is 11.7 Å². The van der Waals surface area contributed by atoms with E-state index in [1.54, 1.807) is 6.08 Å². The summed E-state index contributed by atoms with van der Waals surface area (Å²) in [5.41, 5.74) is 0. The molecule has 9 heteroatoms. The lowest BCUT2D eigenvalue weighted by atomic mass is 10.3. The van der Waals surface area contributed by atoms with E-state index in [-0.39, 0.29) is 11.5 Å². The fraction of sp³-hybridized carbons (Fsp3) is 0.688. The van der Waals surface area contributed by atoms with Gasteiger partial charge in [0.2, 0.25) is 6.54 Å². The molecule has 2 saturated heterocycles. The van der Waals surface area contributed by atoms with Crippen molar-refractivity contribution in [3.63, 3.8) is 0 Å². The summed E-state index contributed by atoms with van der Waals surface area (Å²) in [5, 5.41) is 17.0. The van der Waals surface area contributed by atoms with Crippen LogP contribution < -0.4 is 10.6 Å². The minimum Gasteiger partial charge on any atom is -0.379 e. The average Bonchev–Trinajstić information content (AvgIpc) is 2.62. The maximum atomic E-state index is 10.5. The first-order valence-corrected chi connectivity index (χ1v) is 8.71. The Morgan fingerprint density at radius 2 is 2.04 bits per heavy atom. The highest BCUT2D eigenvalue weighted by molar-refractivity contribution is 5.93. The third-order valence-corrected chi connectivity index (χ3v) is 4.07. The highest BCUT2D eigenvalue weighted by atomic mass is 16.6. The minimum atomic E-state index is -0.360. The number of amidine groups is 1. The summed E-state index contributed by atoms with van der Waals surface area (Å²) >= 11 is 0. The fourth-order valence-corrected chi connectivity index (χ4v) is 2.71. The van der Waals surface area contributed by atoms with Gasteiger partial charge in [-0.15, -0.1) is 0 Å². The van der Waals surface area contributed by atoms with Crippen molar-refractivity contribution in [3.05, 3.63) is 34.7 Å². The molecule has 0 saturated carbocycles. The van der Waals surface area contributed by atoms with Gasteiger partial charge in [0.25, 0.3) is 0 Å². The number of hydrogen-bond acceptors (Lipinski definition) is 7. The first-order valence-electron chi connectivity index (χ1n) is 8.71. The van der Waals surface area contributed by atoms with E-state index in [1.165, 1.54) is 6.08 Å². The lowest BCUT2D eigenvalue weighted by Crippen LogP contribution is -2.46. The predicted octanol–water partition coefficient (Wildman–Crippen LogP) is -0.484. The molecule has 2 fully saturated rings. The predicted molar refractivity (Wildman–Crippen MR) is 97.3 cm³/mol. The molecule has 0 aliphatic carbocycles. The summed E-state index contributed by atoms with van der Waals surface area (Å²) in [5.74, 6) is 1.29. The second-order valence-electron chi connectivity index (χ2n) is 5.95. The number of nitro groups is 1. The molecular formula is C16H28N6O3. The molecule has 2 heterocycles. The molecule has 2 aliphatic rings. The van der Waals surface area contributed by atoms with Gasteiger partial charge in [0.15, 0.2) is 0 Å². The number of ether oxygens (including phenoxy) is 1. The third kappa shape index (κ3) is 7.63. The summed E-state index contributed by atoms with van der Waals surface area (Å²) in [6.45, 7) is 12.3. The quantitative estimate of drug-likeness (QED) is 0.264. The van der Waals surface area contributed by atoms with E-state index >= 15 is 0 Å². The van der Waals surface area contributed by atoms with Gasteiger partial charge in [-0.3, -0.25) is 15.0 Å². The lowest BCUT2D eigenvalue weighted by Gasteiger charge is -2.29. The summed E-state index contributed by atoms with van der Waals surface area (Å²) in [6.07, 6.45) is 3.24. The molecule has 0 radical (unpaired) electrons. The van der Waals surface area contributed by atoms with Crippen LogP contribution in [-0.2, 0) is 4.74 Å². The molecule has 0 spiro atoms. The van der Waals surface area contributed by atoms with E-state index in [4.69, 9.17) is 4.74 Å². The Kier molecular flexibility index (Phi) is 8.36. The van der Waals surface area contributed by atoms with E-state index in [1.807, 2.05) is 0 Å². The van der Waals surface area contributed by atoms with Gasteiger partial charge in [0, 0.05) is 57.3 Å². The van der Waals surface area contributed by atoms with Crippen molar-refractivity contribution < 1.29 is 9.66 Å². The third-order valence-electron chi connectivity index (χ3n) is 4.07. The second kappa shape index (κ2) is 10.8. The van der Waals surface area contributed by atoms with E-state index in [2.05, 4.69) is 32.0 Å². The van der Waals surface area contributed by atoms with Gasteiger partial charge in [0.1, 0.15) is 11.7 Å². The van der Waals surface area contributed by atoms with Crippen LogP contribution in [0.4, 0.5) is 0 Å². The minimum absolute atomic E-state index is 0.206. The zero-order valence-corrected chi connectivity index (χ0v) is 14.7. The number of morpholine rings is 1. The highest BCUT2D eigenvalue weighted by Gasteiger charge is 2.13. The maximum Gasteiger partial charge on any atom is 0.222 e. The van der Waals surface area contributed by atoms with Crippen LogP contribution in [-0.4, -0.2) is 92.7 Å². The van der Waals surface area contributed by atoms with E-state index < -0.39 is 0 Å². The summed E-state index contributed by atoms with van der Waals surface area (Å²) in [6, 6.07) is 0. The SMILES string of the molecule is C=C(/N=C(\C=C/C[N+](=O)[O-])N1CCNCC1)NCCN1CCOCC1. The van der Waals surface area contributed by atoms with Crippen LogP contribution in [0, 0.1) is 10.1 Å². The Morgan fingerprint density at radius 1 is 1.32 bits per heavy atom. The Balaban J connectivity index is 1.85. The molecule has 9 nitrogen and oxygen atoms in total. The van der Waals surface area contributed by atoms with Crippen LogP contribution in [0.25, 0.3) is 0 Å². The van der Waals surface area contributed by atoms with Crippen LogP contribution in [0.5, 0.6) is 0 Å². The molecule has 0 unspecified atom stereocenters. The second-order valence-corrected chi connectivity index (χ2v) is 5.95. The van der Waals surface area contributed by atoms with Crippen LogP contribution in [0.2, 0.25) is 0 Å². The fourth-order valence-electron chi connectivity index (χ4n) is 2.71. The zero-order valence-electron chi connectivity index (χ0n) is 14.7. The van der Waals surface area contributed by atoms with Gasteiger partial charge < -0.3 is 20.3 Å². The first-order chi connectivity index (χ1) is 12.1.